The van der Waals surface area contributed by atoms with Crippen molar-refractivity contribution in [3.05, 3.63) is 12.2 Å². The van der Waals surface area contributed by atoms with Gasteiger partial charge in [-0.15, -0.1) is 0 Å². The van der Waals surface area contributed by atoms with Crippen LogP contribution in [0.5, 0.6) is 0 Å². The van der Waals surface area contributed by atoms with Crippen molar-refractivity contribution in [1.29, 1.82) is 0 Å². The minimum Gasteiger partial charge on any atom is -0.269 e. The van der Waals surface area contributed by atoms with E-state index in [0.717, 1.165) is 23.6 Å². The molecule has 1 amide bonds. The third-order valence-electron chi connectivity index (χ3n) is 6.01. The Morgan fingerprint density at radius 1 is 1.37 bits per heavy atom. The van der Waals surface area contributed by atoms with Gasteiger partial charge in [0, 0.05) is 12.0 Å². The van der Waals surface area contributed by atoms with E-state index in [9.17, 15) is 13.2 Å². The number of fused-ring (bicyclic) bond motifs is 1. The minimum atomic E-state index is -3.46. The first kappa shape index (κ1) is 13.2. The predicted octanol–water partition coefficient (Wildman–Crippen LogP) is 1.93. The van der Waals surface area contributed by atoms with E-state index in [1.54, 1.807) is 13.0 Å². The molecule has 4 nitrogen and oxygen atoms in total. The van der Waals surface area contributed by atoms with E-state index in [1.165, 1.54) is 6.08 Å². The first-order chi connectivity index (χ1) is 8.77. The van der Waals surface area contributed by atoms with Gasteiger partial charge in [0.15, 0.2) is 0 Å². The molecule has 3 fully saturated rings. The second-order valence-corrected chi connectivity index (χ2v) is 8.77. The summed E-state index contributed by atoms with van der Waals surface area (Å²) in [6, 6.07) is 0. The predicted molar refractivity (Wildman–Crippen MR) is 72.8 cm³/mol. The third-order valence-corrected chi connectivity index (χ3v) is 8.29. The van der Waals surface area contributed by atoms with Crippen LogP contribution in [-0.2, 0) is 14.8 Å². The van der Waals surface area contributed by atoms with Crippen molar-refractivity contribution in [2.24, 2.45) is 16.7 Å². The van der Waals surface area contributed by atoms with E-state index in [-0.39, 0.29) is 22.0 Å². The van der Waals surface area contributed by atoms with Gasteiger partial charge in [-0.2, -0.15) is 0 Å². The van der Waals surface area contributed by atoms with Crippen molar-refractivity contribution in [1.82, 2.24) is 4.31 Å². The van der Waals surface area contributed by atoms with Crippen LogP contribution in [0.15, 0.2) is 12.2 Å². The fourth-order valence-electron chi connectivity index (χ4n) is 4.71. The molecule has 0 radical (unpaired) electrons. The van der Waals surface area contributed by atoms with Crippen molar-refractivity contribution in [3.8, 4) is 0 Å². The van der Waals surface area contributed by atoms with Crippen LogP contribution in [-0.4, -0.2) is 30.4 Å². The second kappa shape index (κ2) is 3.62. The number of carbonyl (C=O) groups excluding carboxylic acids is 1. The third kappa shape index (κ3) is 1.34. The highest BCUT2D eigenvalue weighted by atomic mass is 32.2. The van der Waals surface area contributed by atoms with Gasteiger partial charge >= 0.3 is 0 Å². The van der Waals surface area contributed by atoms with Crippen LogP contribution in [0.4, 0.5) is 0 Å². The molecule has 2 saturated carbocycles. The highest BCUT2D eigenvalue weighted by Crippen LogP contribution is 2.70. The quantitative estimate of drug-likeness (QED) is 0.691. The zero-order valence-corrected chi connectivity index (χ0v) is 12.5. The first-order valence-electron chi connectivity index (χ1n) is 6.95. The molecule has 0 aromatic heterocycles. The van der Waals surface area contributed by atoms with E-state index in [2.05, 4.69) is 13.8 Å². The zero-order valence-electron chi connectivity index (χ0n) is 11.7. The number of nitrogens with zero attached hydrogens (tertiary/aromatic N) is 1. The first-order valence-corrected chi connectivity index (χ1v) is 8.46. The van der Waals surface area contributed by atoms with Crippen LogP contribution in [0.2, 0.25) is 0 Å². The normalized spacial score (nSPS) is 41.9. The summed E-state index contributed by atoms with van der Waals surface area (Å²) in [4.78, 5) is 12.0. The Hall–Kier alpha value is -0.840. The smallest absolute Gasteiger partial charge is 0.259 e. The number of amides is 1. The summed E-state index contributed by atoms with van der Waals surface area (Å²) >= 11 is 0. The van der Waals surface area contributed by atoms with Gasteiger partial charge in [-0.1, -0.05) is 19.9 Å². The Balaban J connectivity index is 2.07. The summed E-state index contributed by atoms with van der Waals surface area (Å²) in [7, 11) is -3.46. The average molecular weight is 283 g/mol. The van der Waals surface area contributed by atoms with E-state index < -0.39 is 10.0 Å². The lowest BCUT2D eigenvalue weighted by atomic mass is 9.69. The fraction of sp³-hybridized carbons (Fsp3) is 0.786. The number of rotatable bonds is 1. The SMILES string of the molecule is C/C=C/C(=O)N1CC23CCC(CC2S1(=O)=O)C3(C)C. The number of hydrogen-bond acceptors (Lipinski definition) is 3. The number of allylic oxidation sites excluding steroid dienone is 1. The molecular weight excluding hydrogens is 262 g/mol. The van der Waals surface area contributed by atoms with Crippen molar-refractivity contribution >= 4 is 15.9 Å². The molecule has 19 heavy (non-hydrogen) atoms. The lowest BCUT2D eigenvalue weighted by Crippen LogP contribution is -2.39. The largest absolute Gasteiger partial charge is 0.269 e. The van der Waals surface area contributed by atoms with E-state index in [4.69, 9.17) is 0 Å². The van der Waals surface area contributed by atoms with Gasteiger partial charge in [-0.3, -0.25) is 4.79 Å². The maximum atomic E-state index is 12.6. The Bertz CT molecular complexity index is 563. The number of sulfonamides is 1. The second-order valence-electron chi connectivity index (χ2n) is 6.73. The number of hydrogen-bond donors (Lipinski definition) is 0. The molecule has 0 N–H and O–H groups in total. The molecule has 1 aliphatic heterocycles. The van der Waals surface area contributed by atoms with Gasteiger partial charge in [0.2, 0.25) is 10.0 Å². The lowest BCUT2D eigenvalue weighted by Gasteiger charge is -2.36. The van der Waals surface area contributed by atoms with Gasteiger partial charge in [0.1, 0.15) is 0 Å². The Morgan fingerprint density at radius 2 is 2.05 bits per heavy atom. The molecule has 0 aromatic carbocycles. The topological polar surface area (TPSA) is 54.5 Å². The summed E-state index contributed by atoms with van der Waals surface area (Å²) in [6.07, 6.45) is 5.73. The fourth-order valence-corrected chi connectivity index (χ4v) is 7.28. The van der Waals surface area contributed by atoms with Crippen LogP contribution in [0, 0.1) is 16.7 Å². The summed E-state index contributed by atoms with van der Waals surface area (Å²) in [5.41, 5.74) is -0.191. The van der Waals surface area contributed by atoms with Gasteiger partial charge in [0.05, 0.1) is 5.25 Å². The van der Waals surface area contributed by atoms with Crippen LogP contribution < -0.4 is 0 Å². The summed E-state index contributed by atoms with van der Waals surface area (Å²) in [5.74, 6) is 0.108. The highest BCUT2D eigenvalue weighted by molar-refractivity contribution is 7.90. The Kier molecular flexibility index (Phi) is 2.51. The van der Waals surface area contributed by atoms with Crippen molar-refractivity contribution in [2.75, 3.05) is 6.54 Å². The van der Waals surface area contributed by atoms with Crippen molar-refractivity contribution < 1.29 is 13.2 Å². The van der Waals surface area contributed by atoms with Gasteiger partial charge in [0.25, 0.3) is 5.91 Å². The molecule has 3 atom stereocenters. The molecule has 2 bridgehead atoms. The molecule has 3 unspecified atom stereocenters. The molecule has 1 spiro atoms. The molecule has 2 aliphatic carbocycles. The lowest BCUT2D eigenvalue weighted by molar-refractivity contribution is -0.122. The standard InChI is InChI=1S/C14H21NO3S/c1-4-5-12(16)15-9-14-7-6-10(13(14,2)3)8-11(14)19(15,17)18/h4-5,10-11H,6-9H2,1-3H3/b5-4+. The molecule has 1 saturated heterocycles. The zero-order chi connectivity index (χ0) is 14.1. The van der Waals surface area contributed by atoms with Gasteiger partial charge in [-0.25, -0.2) is 12.7 Å². The molecular formula is C14H21NO3S. The van der Waals surface area contributed by atoms with Crippen LogP contribution in [0.25, 0.3) is 0 Å². The van der Waals surface area contributed by atoms with Crippen molar-refractivity contribution in [2.45, 2.75) is 45.3 Å². The molecule has 0 aromatic rings. The van der Waals surface area contributed by atoms with E-state index in [1.807, 2.05) is 0 Å². The molecule has 3 rings (SSSR count). The van der Waals surface area contributed by atoms with Crippen LogP contribution >= 0.6 is 0 Å². The van der Waals surface area contributed by atoms with Crippen molar-refractivity contribution in [3.63, 3.8) is 0 Å². The minimum absolute atomic E-state index is 0.0235. The van der Waals surface area contributed by atoms with Gasteiger partial charge < -0.3 is 0 Å². The highest BCUT2D eigenvalue weighted by Gasteiger charge is 2.72. The van der Waals surface area contributed by atoms with Crippen LogP contribution in [0.1, 0.15) is 40.0 Å². The average Bonchev–Trinajstić information content (AvgIpc) is 2.81. The summed E-state index contributed by atoms with van der Waals surface area (Å²) in [5, 5.41) is -0.344. The monoisotopic (exact) mass is 283 g/mol. The molecule has 1 heterocycles. The molecule has 106 valence electrons. The molecule has 5 heteroatoms. The van der Waals surface area contributed by atoms with Crippen LogP contribution in [0.3, 0.4) is 0 Å². The summed E-state index contributed by atoms with van der Waals surface area (Å²) < 4.78 is 26.4. The van der Waals surface area contributed by atoms with Gasteiger partial charge in [-0.05, 0) is 43.6 Å². The number of carbonyl (C=O) groups is 1. The molecule has 3 aliphatic rings. The Labute approximate surface area is 114 Å². The van der Waals surface area contributed by atoms with E-state index in [0.29, 0.717) is 12.5 Å². The maximum absolute atomic E-state index is 12.6. The van der Waals surface area contributed by atoms with E-state index >= 15 is 0 Å². The Morgan fingerprint density at radius 3 is 2.58 bits per heavy atom. The summed E-state index contributed by atoms with van der Waals surface area (Å²) in [6.45, 7) is 6.48. The maximum Gasteiger partial charge on any atom is 0.259 e.